The first-order valence-corrected chi connectivity index (χ1v) is 6.75. The molecule has 1 aromatic carbocycles. The average Bonchev–Trinajstić information content (AvgIpc) is 2.44. The molecule has 0 atom stereocenters. The molecule has 8 heteroatoms. The van der Waals surface area contributed by atoms with Crippen molar-refractivity contribution in [1.82, 2.24) is 10.6 Å². The molecule has 0 heterocycles. The van der Waals surface area contributed by atoms with Crippen LogP contribution in [0.1, 0.15) is 25.3 Å². The van der Waals surface area contributed by atoms with E-state index in [4.69, 9.17) is 0 Å². The predicted octanol–water partition coefficient (Wildman–Crippen LogP) is 3.51. The predicted molar refractivity (Wildman–Crippen MR) is 91.6 cm³/mol. The minimum absolute atomic E-state index is 0. The number of aliphatic imine (C=N–C) groups is 1. The maximum atomic E-state index is 13.7. The quantitative estimate of drug-likeness (QED) is 0.301. The molecule has 0 saturated heterocycles. The van der Waals surface area contributed by atoms with E-state index >= 15 is 0 Å². The minimum atomic E-state index is -2.99. The molecule has 0 bridgehead atoms. The number of benzene rings is 1. The molecular weight excluding hydrogens is 410 g/mol. The van der Waals surface area contributed by atoms with Crippen LogP contribution < -0.4 is 15.4 Å². The summed E-state index contributed by atoms with van der Waals surface area (Å²) in [6.45, 7) is -0.202. The average molecular weight is 431 g/mol. The lowest BCUT2D eigenvalue weighted by Gasteiger charge is -2.15. The number of nitrogens with one attached hydrogen (secondary N) is 2. The number of guanidine groups is 1. The third-order valence-corrected chi connectivity index (χ3v) is 2.77. The smallest absolute Gasteiger partial charge is 0.387 e. The number of halogens is 4. The molecule has 0 radical (unpaired) electrons. The van der Waals surface area contributed by atoms with E-state index in [0.717, 1.165) is 19.4 Å². The van der Waals surface area contributed by atoms with Gasteiger partial charge in [-0.1, -0.05) is 19.4 Å². The summed E-state index contributed by atoms with van der Waals surface area (Å²) in [5.74, 6) is -0.305. The lowest BCUT2D eigenvalue weighted by atomic mass is 10.2. The highest BCUT2D eigenvalue weighted by Crippen LogP contribution is 2.23. The molecule has 0 aromatic heterocycles. The largest absolute Gasteiger partial charge is 0.434 e. The minimum Gasteiger partial charge on any atom is -0.434 e. The van der Waals surface area contributed by atoms with Crippen molar-refractivity contribution in [2.75, 3.05) is 13.6 Å². The van der Waals surface area contributed by atoms with Crippen LogP contribution in [0.25, 0.3) is 0 Å². The van der Waals surface area contributed by atoms with Crippen LogP contribution in [0.2, 0.25) is 0 Å². The third kappa shape index (κ3) is 7.19. The fraction of sp³-hybridized carbons (Fsp3) is 0.500. The van der Waals surface area contributed by atoms with Crippen molar-refractivity contribution >= 4 is 29.9 Å². The molecule has 0 amide bonds. The summed E-state index contributed by atoms with van der Waals surface area (Å²) in [7, 11) is 1.58. The highest BCUT2D eigenvalue weighted by atomic mass is 127. The van der Waals surface area contributed by atoms with E-state index in [1.165, 1.54) is 18.2 Å². The van der Waals surface area contributed by atoms with Gasteiger partial charge in [0.15, 0.2) is 5.96 Å². The molecule has 126 valence electrons. The Hall–Kier alpha value is -1.19. The SMILES string of the molecule is CCCCNC(=NC)NCc1c(F)cccc1OC(F)F.I. The van der Waals surface area contributed by atoms with Crippen molar-refractivity contribution in [3.05, 3.63) is 29.6 Å². The van der Waals surface area contributed by atoms with Crippen LogP contribution in [-0.4, -0.2) is 26.2 Å². The third-order valence-electron chi connectivity index (χ3n) is 2.77. The van der Waals surface area contributed by atoms with Gasteiger partial charge in [-0.25, -0.2) is 4.39 Å². The second kappa shape index (κ2) is 11.4. The molecule has 0 aliphatic heterocycles. The summed E-state index contributed by atoms with van der Waals surface area (Å²) in [6.07, 6.45) is 2.00. The van der Waals surface area contributed by atoms with Gasteiger partial charge < -0.3 is 15.4 Å². The van der Waals surface area contributed by atoms with Gasteiger partial charge >= 0.3 is 6.61 Å². The zero-order valence-corrected chi connectivity index (χ0v) is 14.9. The van der Waals surface area contributed by atoms with E-state index in [2.05, 4.69) is 27.3 Å². The van der Waals surface area contributed by atoms with E-state index in [-0.39, 0.29) is 41.8 Å². The molecular formula is C14H21F3IN3O. The fourth-order valence-electron chi connectivity index (χ4n) is 1.69. The van der Waals surface area contributed by atoms with Crippen molar-refractivity contribution in [1.29, 1.82) is 0 Å². The normalized spacial score (nSPS) is 11.1. The molecule has 0 spiro atoms. The Morgan fingerprint density at radius 3 is 2.64 bits per heavy atom. The summed E-state index contributed by atoms with van der Waals surface area (Å²) in [5, 5.41) is 5.92. The Morgan fingerprint density at radius 2 is 2.05 bits per heavy atom. The van der Waals surface area contributed by atoms with Crippen LogP contribution in [0.3, 0.4) is 0 Å². The number of unbranched alkanes of at least 4 members (excludes halogenated alkanes) is 1. The maximum absolute atomic E-state index is 13.7. The summed E-state index contributed by atoms with van der Waals surface area (Å²) in [4.78, 5) is 3.98. The van der Waals surface area contributed by atoms with Crippen molar-refractivity contribution in [2.45, 2.75) is 32.9 Å². The highest BCUT2D eigenvalue weighted by Gasteiger charge is 2.13. The van der Waals surface area contributed by atoms with Crippen LogP contribution in [0.4, 0.5) is 13.2 Å². The Kier molecular flexibility index (Phi) is 10.8. The van der Waals surface area contributed by atoms with Crippen molar-refractivity contribution in [2.24, 2.45) is 4.99 Å². The Bertz CT molecular complexity index is 473. The zero-order chi connectivity index (χ0) is 15.7. The standard InChI is InChI=1S/C14H20F3N3O.HI/c1-3-4-8-19-14(18-2)20-9-10-11(15)6-5-7-12(10)21-13(16)17;/h5-7,13H,3-4,8-9H2,1-2H3,(H2,18,19,20);1H. The van der Waals surface area contributed by atoms with E-state index in [9.17, 15) is 13.2 Å². The van der Waals surface area contributed by atoms with E-state index in [1.54, 1.807) is 7.05 Å². The van der Waals surface area contributed by atoms with E-state index < -0.39 is 12.4 Å². The van der Waals surface area contributed by atoms with Gasteiger partial charge in [-0.05, 0) is 18.6 Å². The number of hydrogen-bond donors (Lipinski definition) is 2. The fourth-order valence-corrected chi connectivity index (χ4v) is 1.69. The van der Waals surface area contributed by atoms with Gasteiger partial charge in [0.05, 0.1) is 0 Å². The Morgan fingerprint density at radius 1 is 1.32 bits per heavy atom. The first-order valence-electron chi connectivity index (χ1n) is 6.75. The molecule has 0 unspecified atom stereocenters. The monoisotopic (exact) mass is 431 g/mol. The second-order valence-electron chi connectivity index (χ2n) is 4.30. The number of nitrogens with zero attached hydrogens (tertiary/aromatic N) is 1. The second-order valence-corrected chi connectivity index (χ2v) is 4.30. The maximum Gasteiger partial charge on any atom is 0.387 e. The van der Waals surface area contributed by atoms with Crippen LogP contribution in [-0.2, 0) is 6.54 Å². The summed E-state index contributed by atoms with van der Waals surface area (Å²) >= 11 is 0. The molecule has 1 rings (SSSR count). The lowest BCUT2D eigenvalue weighted by Crippen LogP contribution is -2.37. The number of alkyl halides is 2. The number of rotatable bonds is 7. The molecule has 1 aromatic rings. The molecule has 22 heavy (non-hydrogen) atoms. The summed E-state index contributed by atoms with van der Waals surface area (Å²) in [5.41, 5.74) is 0.0382. The van der Waals surface area contributed by atoms with Gasteiger partial charge in [0.1, 0.15) is 11.6 Å². The summed E-state index contributed by atoms with van der Waals surface area (Å²) < 4.78 is 42.7. The molecule has 0 fully saturated rings. The van der Waals surface area contributed by atoms with Gasteiger partial charge in [0, 0.05) is 25.7 Å². The van der Waals surface area contributed by atoms with Gasteiger partial charge in [-0.2, -0.15) is 8.78 Å². The molecule has 2 N–H and O–H groups in total. The van der Waals surface area contributed by atoms with Crippen molar-refractivity contribution in [3.8, 4) is 5.75 Å². The lowest BCUT2D eigenvalue weighted by molar-refractivity contribution is -0.0506. The van der Waals surface area contributed by atoms with Crippen molar-refractivity contribution in [3.63, 3.8) is 0 Å². The van der Waals surface area contributed by atoms with Crippen molar-refractivity contribution < 1.29 is 17.9 Å². The van der Waals surface area contributed by atoms with Crippen LogP contribution in [0.5, 0.6) is 5.75 Å². The van der Waals surface area contributed by atoms with Gasteiger partial charge in [-0.3, -0.25) is 4.99 Å². The first kappa shape index (κ1) is 20.8. The first-order chi connectivity index (χ1) is 10.1. The van der Waals surface area contributed by atoms with Crippen LogP contribution in [0, 0.1) is 5.82 Å². The highest BCUT2D eigenvalue weighted by molar-refractivity contribution is 14.0. The number of ether oxygens (including phenoxy) is 1. The molecule has 0 aliphatic rings. The zero-order valence-electron chi connectivity index (χ0n) is 12.5. The van der Waals surface area contributed by atoms with Crippen LogP contribution >= 0.6 is 24.0 Å². The van der Waals surface area contributed by atoms with E-state index in [1.807, 2.05) is 0 Å². The molecule has 4 nitrogen and oxygen atoms in total. The molecule has 0 saturated carbocycles. The van der Waals surface area contributed by atoms with Gasteiger partial charge in [0.25, 0.3) is 0 Å². The van der Waals surface area contributed by atoms with Crippen LogP contribution in [0.15, 0.2) is 23.2 Å². The topological polar surface area (TPSA) is 45.7 Å². The number of hydrogen-bond acceptors (Lipinski definition) is 2. The van der Waals surface area contributed by atoms with Gasteiger partial charge in [-0.15, -0.1) is 24.0 Å². The van der Waals surface area contributed by atoms with Gasteiger partial charge in [0.2, 0.25) is 0 Å². The summed E-state index contributed by atoms with van der Waals surface area (Å²) in [6, 6.07) is 3.83. The van der Waals surface area contributed by atoms with E-state index in [0.29, 0.717) is 5.96 Å². The molecule has 0 aliphatic carbocycles. The Labute approximate surface area is 145 Å². The Balaban J connectivity index is 0.00000441.